The van der Waals surface area contributed by atoms with Crippen LogP contribution in [0.15, 0.2) is 42.5 Å². The summed E-state index contributed by atoms with van der Waals surface area (Å²) < 4.78 is 5.60. The lowest BCUT2D eigenvalue weighted by Crippen LogP contribution is -2.11. The SMILES string of the molecule is COC(=O)c1ccc(-c2cc3cccc(C)c3n2C(=O)O)c([N+](=O)[O-])c1. The van der Waals surface area contributed by atoms with Crippen LogP contribution in [0.4, 0.5) is 10.5 Å². The zero-order valence-electron chi connectivity index (χ0n) is 13.9. The average molecular weight is 354 g/mol. The number of methoxy groups -OCH3 is 1. The van der Waals surface area contributed by atoms with E-state index in [1.165, 1.54) is 19.2 Å². The van der Waals surface area contributed by atoms with Crippen LogP contribution in [0.3, 0.4) is 0 Å². The van der Waals surface area contributed by atoms with Gasteiger partial charge >= 0.3 is 12.1 Å². The Balaban J connectivity index is 2.35. The van der Waals surface area contributed by atoms with Gasteiger partial charge in [0.15, 0.2) is 0 Å². The van der Waals surface area contributed by atoms with Crippen molar-refractivity contribution in [3.8, 4) is 11.3 Å². The molecule has 0 aliphatic heterocycles. The molecule has 0 fully saturated rings. The second kappa shape index (κ2) is 6.32. The molecule has 8 nitrogen and oxygen atoms in total. The molecule has 0 saturated heterocycles. The fourth-order valence-electron chi connectivity index (χ4n) is 2.98. The van der Waals surface area contributed by atoms with Crippen molar-refractivity contribution in [1.82, 2.24) is 4.57 Å². The molecule has 3 aromatic rings. The predicted octanol–water partition coefficient (Wildman–Crippen LogP) is 3.84. The summed E-state index contributed by atoms with van der Waals surface area (Å²) in [6, 6.07) is 10.7. The Morgan fingerprint density at radius 1 is 1.19 bits per heavy atom. The Morgan fingerprint density at radius 2 is 1.92 bits per heavy atom. The van der Waals surface area contributed by atoms with E-state index in [9.17, 15) is 24.8 Å². The number of carbonyl (C=O) groups excluding carboxylic acids is 1. The molecule has 3 rings (SSSR count). The quantitative estimate of drug-likeness (QED) is 0.434. The molecule has 26 heavy (non-hydrogen) atoms. The van der Waals surface area contributed by atoms with Crippen LogP contribution < -0.4 is 0 Å². The van der Waals surface area contributed by atoms with Gasteiger partial charge in [-0.3, -0.25) is 10.1 Å². The molecular formula is C18H14N2O6. The molecule has 1 aromatic heterocycles. The fraction of sp³-hybridized carbons (Fsp3) is 0.111. The lowest BCUT2D eigenvalue weighted by atomic mass is 10.1. The lowest BCUT2D eigenvalue weighted by molar-refractivity contribution is -0.384. The molecule has 0 amide bonds. The third-order valence-electron chi connectivity index (χ3n) is 4.11. The number of aromatic nitrogens is 1. The molecule has 0 aliphatic rings. The van der Waals surface area contributed by atoms with Gasteiger partial charge in [-0.1, -0.05) is 18.2 Å². The molecule has 0 spiro atoms. The van der Waals surface area contributed by atoms with Gasteiger partial charge in [0.2, 0.25) is 0 Å². The Labute approximate surface area is 147 Å². The van der Waals surface area contributed by atoms with Gasteiger partial charge in [-0.15, -0.1) is 0 Å². The summed E-state index contributed by atoms with van der Waals surface area (Å²) in [5, 5.41) is 21.8. The maximum Gasteiger partial charge on any atom is 0.416 e. The molecule has 0 atom stereocenters. The number of nitro benzene ring substituents is 1. The maximum absolute atomic E-state index is 11.8. The van der Waals surface area contributed by atoms with E-state index < -0.39 is 17.0 Å². The zero-order valence-corrected chi connectivity index (χ0v) is 13.9. The topological polar surface area (TPSA) is 112 Å². The van der Waals surface area contributed by atoms with Crippen molar-refractivity contribution >= 4 is 28.7 Å². The second-order valence-corrected chi connectivity index (χ2v) is 5.64. The van der Waals surface area contributed by atoms with Gasteiger partial charge in [-0.05, 0) is 30.7 Å². The Hall–Kier alpha value is -3.68. The minimum Gasteiger partial charge on any atom is -0.465 e. The highest BCUT2D eigenvalue weighted by molar-refractivity contribution is 5.99. The van der Waals surface area contributed by atoms with E-state index in [1.54, 1.807) is 31.2 Å². The molecule has 1 N–H and O–H groups in total. The number of hydrogen-bond acceptors (Lipinski definition) is 5. The van der Waals surface area contributed by atoms with Crippen LogP contribution in [0.25, 0.3) is 22.2 Å². The number of carboxylic acid groups (broad SMARTS) is 1. The van der Waals surface area contributed by atoms with Crippen molar-refractivity contribution in [3.63, 3.8) is 0 Å². The van der Waals surface area contributed by atoms with E-state index in [4.69, 9.17) is 0 Å². The first-order valence-electron chi connectivity index (χ1n) is 7.56. The van der Waals surface area contributed by atoms with E-state index >= 15 is 0 Å². The summed E-state index contributed by atoms with van der Waals surface area (Å²) in [6.07, 6.45) is -1.25. The Bertz CT molecular complexity index is 1070. The van der Waals surface area contributed by atoms with Crippen molar-refractivity contribution in [2.45, 2.75) is 6.92 Å². The van der Waals surface area contributed by atoms with Crippen LogP contribution in [0, 0.1) is 17.0 Å². The third-order valence-corrected chi connectivity index (χ3v) is 4.11. The molecule has 0 aliphatic carbocycles. The highest BCUT2D eigenvalue weighted by Crippen LogP contribution is 2.35. The number of fused-ring (bicyclic) bond motifs is 1. The number of nitro groups is 1. The first kappa shape index (κ1) is 17.2. The number of carbonyl (C=O) groups is 2. The van der Waals surface area contributed by atoms with Crippen LogP contribution in [0.1, 0.15) is 15.9 Å². The van der Waals surface area contributed by atoms with Crippen LogP contribution in [-0.4, -0.2) is 33.8 Å². The minimum absolute atomic E-state index is 0.0112. The van der Waals surface area contributed by atoms with E-state index in [-0.39, 0.29) is 22.5 Å². The zero-order chi connectivity index (χ0) is 19.0. The number of nitrogens with zero attached hydrogens (tertiary/aromatic N) is 2. The highest BCUT2D eigenvalue weighted by atomic mass is 16.6. The standard InChI is InChI=1S/C18H14N2O6/c1-10-4-3-5-11-8-14(19(16(10)11)18(22)23)13-7-6-12(17(21)26-2)9-15(13)20(24)25/h3-9H,1-2H3,(H,22,23). The number of esters is 1. The first-order valence-corrected chi connectivity index (χ1v) is 7.56. The molecule has 2 aromatic carbocycles. The summed E-state index contributed by atoms with van der Waals surface area (Å²) >= 11 is 0. The largest absolute Gasteiger partial charge is 0.465 e. The summed E-state index contributed by atoms with van der Waals surface area (Å²) in [5.74, 6) is -0.714. The van der Waals surface area contributed by atoms with Crippen molar-refractivity contribution in [3.05, 3.63) is 63.7 Å². The van der Waals surface area contributed by atoms with Crippen LogP contribution in [-0.2, 0) is 4.74 Å². The number of hydrogen-bond donors (Lipinski definition) is 1. The van der Waals surface area contributed by atoms with E-state index in [0.717, 1.165) is 16.2 Å². The summed E-state index contributed by atoms with van der Waals surface area (Å²) in [5.41, 5.74) is 1.07. The molecular weight excluding hydrogens is 340 g/mol. The van der Waals surface area contributed by atoms with Crippen LogP contribution in [0.2, 0.25) is 0 Å². The van der Waals surface area contributed by atoms with Gasteiger partial charge in [0, 0.05) is 11.5 Å². The van der Waals surface area contributed by atoms with Crippen LogP contribution >= 0.6 is 0 Å². The number of aryl methyl sites for hydroxylation is 1. The van der Waals surface area contributed by atoms with Gasteiger partial charge in [-0.25, -0.2) is 14.2 Å². The molecule has 0 unspecified atom stereocenters. The van der Waals surface area contributed by atoms with Crippen LogP contribution in [0.5, 0.6) is 0 Å². The molecule has 8 heteroatoms. The number of rotatable bonds is 3. The average Bonchev–Trinajstić information content (AvgIpc) is 3.01. The van der Waals surface area contributed by atoms with Gasteiger partial charge < -0.3 is 9.84 Å². The summed E-state index contributed by atoms with van der Waals surface area (Å²) in [6.45, 7) is 1.76. The van der Waals surface area contributed by atoms with Gasteiger partial charge in [-0.2, -0.15) is 0 Å². The number of ether oxygens (including phenoxy) is 1. The summed E-state index contributed by atoms with van der Waals surface area (Å²) in [4.78, 5) is 34.4. The molecule has 0 radical (unpaired) electrons. The monoisotopic (exact) mass is 354 g/mol. The van der Waals surface area contributed by atoms with Gasteiger partial charge in [0.05, 0.1) is 34.4 Å². The highest BCUT2D eigenvalue weighted by Gasteiger charge is 2.25. The normalized spacial score (nSPS) is 10.7. The van der Waals surface area contributed by atoms with Crippen molar-refractivity contribution in [1.29, 1.82) is 0 Å². The second-order valence-electron chi connectivity index (χ2n) is 5.64. The Kier molecular flexibility index (Phi) is 4.17. The molecule has 0 bridgehead atoms. The fourth-order valence-corrected chi connectivity index (χ4v) is 2.98. The molecule has 132 valence electrons. The van der Waals surface area contributed by atoms with Crippen molar-refractivity contribution < 1.29 is 24.4 Å². The Morgan fingerprint density at radius 3 is 2.54 bits per heavy atom. The van der Waals surface area contributed by atoms with Crippen molar-refractivity contribution in [2.75, 3.05) is 7.11 Å². The smallest absolute Gasteiger partial charge is 0.416 e. The van der Waals surface area contributed by atoms with Crippen molar-refractivity contribution in [2.24, 2.45) is 0 Å². The number of benzene rings is 2. The predicted molar refractivity (Wildman–Crippen MR) is 93.5 cm³/mol. The molecule has 0 saturated carbocycles. The van der Waals surface area contributed by atoms with Gasteiger partial charge in [0.1, 0.15) is 0 Å². The first-order chi connectivity index (χ1) is 12.3. The maximum atomic E-state index is 11.8. The van der Waals surface area contributed by atoms with E-state index in [2.05, 4.69) is 4.74 Å². The van der Waals surface area contributed by atoms with E-state index in [1.807, 2.05) is 0 Å². The summed E-state index contributed by atoms with van der Waals surface area (Å²) in [7, 11) is 1.17. The third kappa shape index (κ3) is 2.67. The molecule has 1 heterocycles. The van der Waals surface area contributed by atoms with Gasteiger partial charge in [0.25, 0.3) is 5.69 Å². The lowest BCUT2D eigenvalue weighted by Gasteiger charge is -2.08. The number of para-hydroxylation sites is 1. The minimum atomic E-state index is -1.25. The van der Waals surface area contributed by atoms with E-state index in [0.29, 0.717) is 10.9 Å².